The first-order valence-corrected chi connectivity index (χ1v) is 14.0. The number of thioether (sulfide) groups is 1. The number of hydrogen-bond donors (Lipinski definition) is 3. The van der Waals surface area contributed by atoms with Gasteiger partial charge in [0, 0.05) is 27.4 Å². The summed E-state index contributed by atoms with van der Waals surface area (Å²) in [6.45, 7) is 3.94. The van der Waals surface area contributed by atoms with E-state index in [2.05, 4.69) is 16.0 Å². The summed E-state index contributed by atoms with van der Waals surface area (Å²) in [6, 6.07) is 25.2. The van der Waals surface area contributed by atoms with Crippen molar-refractivity contribution in [3.63, 3.8) is 0 Å². The summed E-state index contributed by atoms with van der Waals surface area (Å²) < 4.78 is 14.5. The van der Waals surface area contributed by atoms with Gasteiger partial charge in [-0.15, -0.1) is 11.8 Å². The summed E-state index contributed by atoms with van der Waals surface area (Å²) >= 11 is 7.48. The molecule has 0 aromatic heterocycles. The Labute approximate surface area is 247 Å². The number of aryl methyl sites for hydroxylation is 1. The maximum absolute atomic E-state index is 14.5. The van der Waals surface area contributed by atoms with E-state index in [4.69, 9.17) is 11.6 Å². The molecule has 0 radical (unpaired) electrons. The molecule has 0 saturated heterocycles. The molecule has 0 unspecified atom stereocenters. The van der Waals surface area contributed by atoms with Crippen molar-refractivity contribution in [3.05, 3.63) is 130 Å². The Kier molecular flexibility index (Phi) is 9.95. The molecule has 0 aliphatic rings. The van der Waals surface area contributed by atoms with Crippen LogP contribution in [0.3, 0.4) is 0 Å². The van der Waals surface area contributed by atoms with Crippen molar-refractivity contribution in [2.24, 2.45) is 0 Å². The number of hydrogen-bond acceptors (Lipinski definition) is 4. The molecular weight excluding hydrogens is 561 g/mol. The highest BCUT2D eigenvalue weighted by Gasteiger charge is 2.17. The van der Waals surface area contributed by atoms with Crippen LogP contribution >= 0.6 is 23.4 Å². The monoisotopic (exact) mass is 587 g/mol. The Bertz CT molecular complexity index is 1610. The first-order valence-electron chi connectivity index (χ1n) is 12.6. The zero-order valence-electron chi connectivity index (χ0n) is 22.3. The first kappa shape index (κ1) is 29.6. The number of carbonyl (C=O) groups excluding carboxylic acids is 3. The van der Waals surface area contributed by atoms with E-state index >= 15 is 0 Å². The lowest BCUT2D eigenvalue weighted by Gasteiger charge is -2.13. The molecule has 4 aromatic carbocycles. The van der Waals surface area contributed by atoms with Crippen LogP contribution < -0.4 is 16.0 Å². The number of rotatable bonds is 9. The Morgan fingerprint density at radius 1 is 0.878 bits per heavy atom. The minimum absolute atomic E-state index is 0.0353. The van der Waals surface area contributed by atoms with E-state index in [0.29, 0.717) is 11.3 Å². The number of nitrogens with one attached hydrogen (secondary N) is 3. The van der Waals surface area contributed by atoms with Crippen molar-refractivity contribution in [2.75, 3.05) is 16.4 Å². The van der Waals surface area contributed by atoms with Gasteiger partial charge < -0.3 is 16.0 Å². The van der Waals surface area contributed by atoms with Gasteiger partial charge in [0.25, 0.3) is 11.8 Å². The second-order valence-corrected chi connectivity index (χ2v) is 10.5. The third-order valence-electron chi connectivity index (χ3n) is 6.16. The zero-order chi connectivity index (χ0) is 29.4. The Morgan fingerprint density at radius 2 is 1.61 bits per heavy atom. The Hall–Kier alpha value is -4.40. The molecule has 0 aliphatic carbocycles. The van der Waals surface area contributed by atoms with E-state index in [1.54, 1.807) is 48.5 Å². The minimum Gasteiger partial charge on any atom is -0.325 e. The fourth-order valence-electron chi connectivity index (χ4n) is 3.82. The number of halogens is 2. The van der Waals surface area contributed by atoms with Crippen LogP contribution in [-0.2, 0) is 9.59 Å². The van der Waals surface area contributed by atoms with Crippen molar-refractivity contribution < 1.29 is 18.8 Å². The van der Waals surface area contributed by atoms with Crippen molar-refractivity contribution in [1.82, 2.24) is 5.32 Å². The average molecular weight is 588 g/mol. The van der Waals surface area contributed by atoms with Gasteiger partial charge in [-0.1, -0.05) is 54.1 Å². The van der Waals surface area contributed by atoms with Gasteiger partial charge in [0.2, 0.25) is 5.91 Å². The highest BCUT2D eigenvalue weighted by Crippen LogP contribution is 2.25. The molecule has 4 aromatic rings. The summed E-state index contributed by atoms with van der Waals surface area (Å²) in [5.74, 6) is -1.86. The maximum Gasteiger partial charge on any atom is 0.272 e. The predicted octanol–water partition coefficient (Wildman–Crippen LogP) is 7.24. The fraction of sp³-hybridized carbons (Fsp3) is 0.0938. The highest BCUT2D eigenvalue weighted by molar-refractivity contribution is 8.00. The van der Waals surface area contributed by atoms with Crippen LogP contribution in [0.1, 0.15) is 27.0 Å². The molecule has 0 bridgehead atoms. The fourth-order valence-corrected chi connectivity index (χ4v) is 4.79. The van der Waals surface area contributed by atoms with E-state index in [1.807, 2.05) is 38.1 Å². The van der Waals surface area contributed by atoms with Crippen LogP contribution in [0.2, 0.25) is 5.02 Å². The van der Waals surface area contributed by atoms with Gasteiger partial charge in [-0.25, -0.2) is 4.39 Å². The molecule has 4 rings (SSSR count). The van der Waals surface area contributed by atoms with E-state index in [0.717, 1.165) is 21.7 Å². The van der Waals surface area contributed by atoms with E-state index < -0.39 is 17.6 Å². The van der Waals surface area contributed by atoms with Crippen molar-refractivity contribution in [2.45, 2.75) is 18.7 Å². The molecule has 9 heteroatoms. The summed E-state index contributed by atoms with van der Waals surface area (Å²) in [7, 11) is 0. The summed E-state index contributed by atoms with van der Waals surface area (Å²) in [4.78, 5) is 39.5. The van der Waals surface area contributed by atoms with Gasteiger partial charge in [-0.05, 0) is 79.6 Å². The smallest absolute Gasteiger partial charge is 0.272 e. The van der Waals surface area contributed by atoms with Gasteiger partial charge >= 0.3 is 0 Å². The topological polar surface area (TPSA) is 87.3 Å². The molecule has 3 N–H and O–H groups in total. The molecule has 0 fully saturated rings. The zero-order valence-corrected chi connectivity index (χ0v) is 23.9. The normalized spacial score (nSPS) is 11.1. The van der Waals surface area contributed by atoms with Crippen LogP contribution in [0.5, 0.6) is 0 Å². The highest BCUT2D eigenvalue weighted by atomic mass is 35.5. The lowest BCUT2D eigenvalue weighted by molar-refractivity contribution is -0.114. The maximum atomic E-state index is 14.5. The lowest BCUT2D eigenvalue weighted by atomic mass is 10.1. The molecule has 0 aliphatic heterocycles. The van der Waals surface area contributed by atoms with Crippen molar-refractivity contribution >= 4 is 58.5 Å². The van der Waals surface area contributed by atoms with Gasteiger partial charge in [0.15, 0.2) is 0 Å². The number of carbonyl (C=O) groups is 3. The summed E-state index contributed by atoms with van der Waals surface area (Å²) in [5.41, 5.74) is 3.38. The summed E-state index contributed by atoms with van der Waals surface area (Å²) in [6.07, 6.45) is 1.20. The third kappa shape index (κ3) is 8.06. The van der Waals surface area contributed by atoms with Gasteiger partial charge in [0.1, 0.15) is 11.5 Å². The van der Waals surface area contributed by atoms with Crippen molar-refractivity contribution in [1.29, 1.82) is 0 Å². The largest absolute Gasteiger partial charge is 0.325 e. The lowest BCUT2D eigenvalue weighted by Crippen LogP contribution is -2.30. The van der Waals surface area contributed by atoms with Crippen molar-refractivity contribution in [3.8, 4) is 0 Å². The van der Waals surface area contributed by atoms with Gasteiger partial charge in [0.05, 0.1) is 10.8 Å². The van der Waals surface area contributed by atoms with E-state index in [-0.39, 0.29) is 27.9 Å². The quantitative estimate of drug-likeness (QED) is 0.142. The van der Waals surface area contributed by atoms with Gasteiger partial charge in [-0.2, -0.15) is 0 Å². The molecule has 41 heavy (non-hydrogen) atoms. The number of anilines is 2. The molecule has 6 nitrogen and oxygen atoms in total. The van der Waals surface area contributed by atoms with Crippen LogP contribution in [-0.4, -0.2) is 23.5 Å². The third-order valence-corrected chi connectivity index (χ3v) is 7.48. The minimum atomic E-state index is -0.677. The van der Waals surface area contributed by atoms with Crippen LogP contribution in [0.4, 0.5) is 15.8 Å². The summed E-state index contributed by atoms with van der Waals surface area (Å²) in [5, 5.41) is 8.32. The first-order chi connectivity index (χ1) is 19.7. The number of benzene rings is 4. The second kappa shape index (κ2) is 13.8. The SMILES string of the molecule is Cc1cccc(NC(=O)CSc2cccc(NC(=O)/C(=C\c3c(F)cccc3Cl)NC(=O)c3ccccc3)c2)c1C. The van der Waals surface area contributed by atoms with E-state index in [1.165, 1.54) is 36.0 Å². The molecule has 208 valence electrons. The average Bonchev–Trinajstić information content (AvgIpc) is 2.96. The predicted molar refractivity (Wildman–Crippen MR) is 164 cm³/mol. The molecular formula is C32H27ClFN3O3S. The van der Waals surface area contributed by atoms with Crippen LogP contribution in [0.25, 0.3) is 6.08 Å². The Morgan fingerprint density at radius 3 is 2.37 bits per heavy atom. The molecule has 3 amide bonds. The Balaban J connectivity index is 1.49. The number of amides is 3. The molecule has 0 heterocycles. The molecule has 0 saturated carbocycles. The van der Waals surface area contributed by atoms with Crippen LogP contribution in [0.15, 0.2) is 102 Å². The van der Waals surface area contributed by atoms with Gasteiger partial charge in [-0.3, -0.25) is 14.4 Å². The van der Waals surface area contributed by atoms with Crippen LogP contribution in [0, 0.1) is 19.7 Å². The standard InChI is InChI=1S/C32H27ClFN3O3S/c1-20-9-6-16-28(21(20)2)36-30(38)19-41-24-13-7-12-23(17-24)35-32(40)29(18-25-26(33)14-8-15-27(25)34)37-31(39)22-10-4-3-5-11-22/h3-18H,19H2,1-2H3,(H,35,40)(H,36,38)(H,37,39)/b29-18+. The second-order valence-electron chi connectivity index (χ2n) is 9.08. The molecule has 0 spiro atoms. The van der Waals surface area contributed by atoms with E-state index in [9.17, 15) is 18.8 Å². The molecule has 0 atom stereocenters.